The van der Waals surface area contributed by atoms with E-state index in [1.165, 1.54) is 53.4 Å². The molecule has 0 N–H and O–H groups in total. The number of aromatic nitrogens is 1. The van der Waals surface area contributed by atoms with E-state index in [-0.39, 0.29) is 0 Å². The molecule has 1 heterocycles. The maximum atomic E-state index is 2.43. The van der Waals surface area contributed by atoms with Gasteiger partial charge >= 0.3 is 0 Å². The van der Waals surface area contributed by atoms with Crippen LogP contribution in [0.1, 0.15) is 54.2 Å². The minimum atomic E-state index is 0.790. The van der Waals surface area contributed by atoms with Crippen molar-refractivity contribution in [2.24, 2.45) is 7.05 Å². The van der Waals surface area contributed by atoms with Crippen LogP contribution < -0.4 is 4.57 Å². The molecule has 120 valence electrons. The average Bonchev–Trinajstić information content (AvgIpc) is 2.63. The lowest BCUT2D eigenvalue weighted by atomic mass is 9.66. The fourth-order valence-electron chi connectivity index (χ4n) is 5.15. The van der Waals surface area contributed by atoms with Crippen LogP contribution in [0.2, 0.25) is 0 Å². The summed E-state index contributed by atoms with van der Waals surface area (Å²) in [5, 5.41) is 1.49. The first kappa shape index (κ1) is 14.2. The molecule has 0 spiro atoms. The van der Waals surface area contributed by atoms with Crippen molar-refractivity contribution in [3.05, 3.63) is 65.2 Å². The Morgan fingerprint density at radius 3 is 2.38 bits per heavy atom. The molecule has 0 amide bonds. The summed E-state index contributed by atoms with van der Waals surface area (Å²) in [7, 11) is 2.22. The molecule has 0 radical (unpaired) electrons. The molecule has 1 saturated carbocycles. The Balaban J connectivity index is 1.77. The molecule has 0 unspecified atom stereocenters. The van der Waals surface area contributed by atoms with E-state index in [0.717, 1.165) is 11.8 Å². The Kier molecular flexibility index (Phi) is 3.06. The first-order chi connectivity index (χ1) is 11.7. The molecule has 6 rings (SSSR count). The quantitative estimate of drug-likeness (QED) is 0.530. The van der Waals surface area contributed by atoms with E-state index >= 15 is 0 Å². The Labute approximate surface area is 144 Å². The molecule has 3 aliphatic rings. The van der Waals surface area contributed by atoms with E-state index in [1.54, 1.807) is 11.1 Å². The maximum Gasteiger partial charge on any atom is 0.213 e. The highest BCUT2D eigenvalue weighted by atomic mass is 14.9. The molecule has 1 nitrogen and oxygen atoms in total. The van der Waals surface area contributed by atoms with Gasteiger partial charge in [-0.05, 0) is 73.3 Å². The van der Waals surface area contributed by atoms with E-state index in [1.807, 2.05) is 0 Å². The van der Waals surface area contributed by atoms with Crippen LogP contribution in [0.4, 0.5) is 0 Å². The molecule has 0 saturated heterocycles. The van der Waals surface area contributed by atoms with Crippen LogP contribution in [-0.2, 0) is 7.05 Å². The average molecular weight is 314 g/mol. The van der Waals surface area contributed by atoms with Gasteiger partial charge in [-0.3, -0.25) is 0 Å². The zero-order valence-electron chi connectivity index (χ0n) is 14.5. The topological polar surface area (TPSA) is 3.88 Å². The normalized spacial score (nSPS) is 21.9. The number of benzene rings is 2. The van der Waals surface area contributed by atoms with Crippen LogP contribution in [-0.4, -0.2) is 0 Å². The molecular weight excluding hydrogens is 290 g/mol. The number of hydrogen-bond donors (Lipinski definition) is 0. The van der Waals surface area contributed by atoms with Gasteiger partial charge in [-0.2, -0.15) is 4.57 Å². The highest BCUT2D eigenvalue weighted by Gasteiger charge is 2.35. The molecule has 0 aliphatic heterocycles. The van der Waals surface area contributed by atoms with Crippen LogP contribution >= 0.6 is 0 Å². The second kappa shape index (κ2) is 5.17. The first-order valence-electron chi connectivity index (χ1n) is 9.25. The lowest BCUT2D eigenvalue weighted by Crippen LogP contribution is -2.33. The molecule has 1 heteroatoms. The Morgan fingerprint density at radius 1 is 0.833 bits per heavy atom. The molecule has 1 fully saturated rings. The van der Waals surface area contributed by atoms with Crippen molar-refractivity contribution in [1.29, 1.82) is 0 Å². The summed E-state index contributed by atoms with van der Waals surface area (Å²) < 4.78 is 2.39. The standard InChI is InChI=1S/C23H24N/c1-15-5-3-4-6-18(15)21-14-12-20-22(24(21)2)13-11-19-16-7-9-17(10-8-16)23(19)20/h3-6,11-14,16-17H,7-10H2,1-2H3/q+1. The second-order valence-corrected chi connectivity index (χ2v) is 7.64. The third-order valence-electron chi connectivity index (χ3n) is 6.42. The van der Waals surface area contributed by atoms with Crippen molar-refractivity contribution in [3.63, 3.8) is 0 Å². The van der Waals surface area contributed by atoms with E-state index < -0.39 is 0 Å². The first-order valence-corrected chi connectivity index (χ1v) is 9.25. The van der Waals surface area contributed by atoms with Crippen molar-refractivity contribution in [1.82, 2.24) is 0 Å². The SMILES string of the molecule is Cc1ccccc1-c1ccc2c3c(ccc2[n+]1C)C1CCC3CC1. The van der Waals surface area contributed by atoms with E-state index in [2.05, 4.69) is 67.1 Å². The number of aryl methyl sites for hydroxylation is 2. The van der Waals surface area contributed by atoms with E-state index in [0.29, 0.717) is 0 Å². The molecule has 3 aliphatic carbocycles. The van der Waals surface area contributed by atoms with Gasteiger partial charge in [-0.1, -0.05) is 24.3 Å². The second-order valence-electron chi connectivity index (χ2n) is 7.64. The molecule has 1 aromatic heterocycles. The van der Waals surface area contributed by atoms with Gasteiger partial charge in [0, 0.05) is 17.7 Å². The van der Waals surface area contributed by atoms with Gasteiger partial charge in [0.1, 0.15) is 7.05 Å². The lowest BCUT2D eigenvalue weighted by Gasteiger charge is -2.38. The number of rotatable bonds is 1. The zero-order valence-corrected chi connectivity index (χ0v) is 14.5. The van der Waals surface area contributed by atoms with E-state index in [9.17, 15) is 0 Å². The number of pyridine rings is 1. The largest absolute Gasteiger partial charge is 0.213 e. The summed E-state index contributed by atoms with van der Waals surface area (Å²) in [6.07, 6.45) is 5.58. The molecule has 2 bridgehead atoms. The maximum absolute atomic E-state index is 2.43. The highest BCUT2D eigenvalue weighted by molar-refractivity contribution is 5.84. The van der Waals surface area contributed by atoms with Crippen LogP contribution in [0.5, 0.6) is 0 Å². The molecule has 24 heavy (non-hydrogen) atoms. The molecule has 0 atom stereocenters. The minimum Gasteiger partial charge on any atom is -0.194 e. The smallest absolute Gasteiger partial charge is 0.194 e. The van der Waals surface area contributed by atoms with Crippen molar-refractivity contribution < 1.29 is 4.57 Å². The van der Waals surface area contributed by atoms with Gasteiger partial charge in [-0.15, -0.1) is 0 Å². The van der Waals surface area contributed by atoms with Crippen molar-refractivity contribution in [2.45, 2.75) is 44.4 Å². The van der Waals surface area contributed by atoms with Crippen LogP contribution in [0, 0.1) is 6.92 Å². The fraction of sp³-hybridized carbons (Fsp3) is 0.348. The number of fused-ring (bicyclic) bond motifs is 3. The summed E-state index contributed by atoms with van der Waals surface area (Å²) in [5.74, 6) is 1.61. The highest BCUT2D eigenvalue weighted by Crippen LogP contribution is 2.51. The molecular formula is C23H24N+. The molecule has 3 aromatic rings. The van der Waals surface area contributed by atoms with Crippen LogP contribution in [0.3, 0.4) is 0 Å². The summed E-state index contributed by atoms with van der Waals surface area (Å²) in [6, 6.07) is 18.2. The van der Waals surface area contributed by atoms with Gasteiger partial charge < -0.3 is 0 Å². The predicted molar refractivity (Wildman–Crippen MR) is 99.2 cm³/mol. The van der Waals surface area contributed by atoms with Crippen molar-refractivity contribution in [2.75, 3.05) is 0 Å². The van der Waals surface area contributed by atoms with Gasteiger partial charge in [0.05, 0.1) is 5.39 Å². The number of hydrogen-bond acceptors (Lipinski definition) is 0. The third kappa shape index (κ3) is 1.90. The summed E-state index contributed by atoms with van der Waals surface area (Å²) >= 11 is 0. The zero-order chi connectivity index (χ0) is 16.3. The van der Waals surface area contributed by atoms with Gasteiger partial charge in [0.25, 0.3) is 0 Å². The van der Waals surface area contributed by atoms with Crippen molar-refractivity contribution >= 4 is 10.9 Å². The Morgan fingerprint density at radius 2 is 1.58 bits per heavy atom. The van der Waals surface area contributed by atoms with Gasteiger partial charge in [0.2, 0.25) is 11.2 Å². The monoisotopic (exact) mass is 314 g/mol. The van der Waals surface area contributed by atoms with Gasteiger partial charge in [-0.25, -0.2) is 0 Å². The lowest BCUT2D eigenvalue weighted by molar-refractivity contribution is -0.633. The van der Waals surface area contributed by atoms with Crippen molar-refractivity contribution in [3.8, 4) is 11.3 Å². The molecule has 2 aromatic carbocycles. The summed E-state index contributed by atoms with van der Waals surface area (Å²) in [5.41, 5.74) is 8.67. The number of nitrogens with zero attached hydrogens (tertiary/aromatic N) is 1. The third-order valence-corrected chi connectivity index (χ3v) is 6.42. The van der Waals surface area contributed by atoms with Crippen LogP contribution in [0.25, 0.3) is 22.2 Å². The summed E-state index contributed by atoms with van der Waals surface area (Å²) in [6.45, 7) is 2.20. The summed E-state index contributed by atoms with van der Waals surface area (Å²) in [4.78, 5) is 0. The van der Waals surface area contributed by atoms with Gasteiger partial charge in [0.15, 0.2) is 0 Å². The van der Waals surface area contributed by atoms with E-state index in [4.69, 9.17) is 0 Å². The Bertz CT molecular complexity index is 946. The predicted octanol–water partition coefficient (Wildman–Crippen LogP) is 5.39. The van der Waals surface area contributed by atoms with Crippen LogP contribution in [0.15, 0.2) is 48.5 Å². The fourth-order valence-corrected chi connectivity index (χ4v) is 5.15. The Hall–Kier alpha value is -2.15. The minimum absolute atomic E-state index is 0.790.